The number of carbonyl (C=O) groups excluding carboxylic acids is 1. The van der Waals surface area contributed by atoms with Gasteiger partial charge in [0.05, 0.1) is 5.56 Å². The molecule has 5 heteroatoms. The van der Waals surface area contributed by atoms with Crippen LogP contribution in [-0.2, 0) is 0 Å². The number of benzene rings is 1. The summed E-state index contributed by atoms with van der Waals surface area (Å²) in [5.74, 6) is 1.34. The van der Waals surface area contributed by atoms with Crippen LogP contribution in [-0.4, -0.2) is 42.1 Å². The molecule has 2 unspecified atom stereocenters. The number of aromatic hydroxyl groups is 1. The predicted octanol–water partition coefficient (Wildman–Crippen LogP) is 1.80. The monoisotopic (exact) mass is 296 g/mol. The number of phenols is 1. The predicted molar refractivity (Wildman–Crippen MR) is 80.5 cm³/mol. The van der Waals surface area contributed by atoms with Gasteiger partial charge in [0, 0.05) is 13.1 Å². The van der Waals surface area contributed by atoms with Gasteiger partial charge in [0.2, 0.25) is 0 Å². The molecule has 2 heterocycles. The molecule has 0 radical (unpaired) electrons. The quantitative estimate of drug-likeness (QED) is 0.831. The third-order valence-corrected chi connectivity index (χ3v) is 4.37. The molecule has 1 aromatic rings. The summed E-state index contributed by atoms with van der Waals surface area (Å²) in [5, 5.41) is 13.3. The maximum absolute atomic E-state index is 12.5. The van der Waals surface area contributed by atoms with Gasteiger partial charge in [-0.2, -0.15) is 0 Å². The highest BCUT2D eigenvalue weighted by Crippen LogP contribution is 2.29. The van der Waals surface area contributed by atoms with E-state index >= 15 is 0 Å². The summed E-state index contributed by atoms with van der Waals surface area (Å²) in [6.07, 6.45) is 1.07. The highest BCUT2D eigenvalue weighted by molar-refractivity contribution is 5.97. The van der Waals surface area contributed by atoms with Gasteiger partial charge in [-0.3, -0.25) is 4.79 Å². The van der Waals surface area contributed by atoms with Crippen LogP contribution in [0.3, 0.4) is 0 Å². The Morgan fingerprint density at radius 2 is 2.10 bits per heavy atom. The zero-order valence-corrected chi connectivity index (χ0v) is 12.4. The molecule has 2 N–H and O–H groups in total. The van der Waals surface area contributed by atoms with Crippen LogP contribution in [0.5, 0.6) is 5.75 Å². The van der Waals surface area contributed by atoms with Gasteiger partial charge in [0.1, 0.15) is 5.75 Å². The van der Waals surface area contributed by atoms with Crippen LogP contribution in [0, 0.1) is 18.8 Å². The number of hydrogen-bond acceptors (Lipinski definition) is 3. The van der Waals surface area contributed by atoms with Gasteiger partial charge < -0.3 is 15.3 Å². The van der Waals surface area contributed by atoms with Gasteiger partial charge >= 0.3 is 0 Å². The number of fused-ring (bicyclic) bond motifs is 1. The molecule has 0 aromatic heterocycles. The lowest BCUT2D eigenvalue weighted by atomic mass is 9.88. The standard InChI is InChI=1S/C15H20N2O2.ClH/c1-10-2-3-14(18)13(6-10)15(19)17-5-4-11-7-16-8-12(11)9-17;/h2-3,6,11-12,16,18H,4-5,7-9H2,1H3;1H. The fourth-order valence-electron chi connectivity index (χ4n) is 3.21. The molecule has 2 fully saturated rings. The minimum Gasteiger partial charge on any atom is -0.507 e. The maximum Gasteiger partial charge on any atom is 0.257 e. The van der Waals surface area contributed by atoms with Crippen molar-refractivity contribution in [2.75, 3.05) is 26.2 Å². The zero-order valence-electron chi connectivity index (χ0n) is 11.6. The second-order valence-corrected chi connectivity index (χ2v) is 5.74. The summed E-state index contributed by atoms with van der Waals surface area (Å²) in [7, 11) is 0. The van der Waals surface area contributed by atoms with E-state index in [1.54, 1.807) is 12.1 Å². The van der Waals surface area contributed by atoms with Crippen LogP contribution in [0.15, 0.2) is 18.2 Å². The second-order valence-electron chi connectivity index (χ2n) is 5.74. The normalized spacial score (nSPS) is 24.9. The van der Waals surface area contributed by atoms with Gasteiger partial charge in [-0.25, -0.2) is 0 Å². The summed E-state index contributed by atoms with van der Waals surface area (Å²) in [6.45, 7) is 5.64. The number of nitrogens with one attached hydrogen (secondary N) is 1. The topological polar surface area (TPSA) is 52.6 Å². The molecule has 1 aromatic carbocycles. The minimum absolute atomic E-state index is 0. The summed E-state index contributed by atoms with van der Waals surface area (Å²) in [4.78, 5) is 14.4. The number of halogens is 1. The number of hydrogen-bond donors (Lipinski definition) is 2. The van der Waals surface area contributed by atoms with E-state index in [2.05, 4.69) is 5.32 Å². The largest absolute Gasteiger partial charge is 0.507 e. The smallest absolute Gasteiger partial charge is 0.257 e. The van der Waals surface area contributed by atoms with E-state index in [9.17, 15) is 9.90 Å². The lowest BCUT2D eigenvalue weighted by Crippen LogP contribution is -2.43. The van der Waals surface area contributed by atoms with E-state index in [-0.39, 0.29) is 24.1 Å². The van der Waals surface area contributed by atoms with Gasteiger partial charge in [0.25, 0.3) is 5.91 Å². The van der Waals surface area contributed by atoms with Crippen LogP contribution in [0.2, 0.25) is 0 Å². The van der Waals surface area contributed by atoms with Crippen LogP contribution in [0.25, 0.3) is 0 Å². The number of likely N-dealkylation sites (tertiary alicyclic amines) is 1. The highest BCUT2D eigenvalue weighted by atomic mass is 35.5. The molecular weight excluding hydrogens is 276 g/mol. The fourth-order valence-corrected chi connectivity index (χ4v) is 3.21. The molecular formula is C15H21ClN2O2. The molecule has 2 atom stereocenters. The lowest BCUT2D eigenvalue weighted by molar-refractivity contribution is 0.0639. The van der Waals surface area contributed by atoms with Crippen molar-refractivity contribution in [3.8, 4) is 5.75 Å². The fraction of sp³-hybridized carbons (Fsp3) is 0.533. The first-order chi connectivity index (χ1) is 9.15. The number of carbonyl (C=O) groups is 1. The molecule has 110 valence electrons. The van der Waals surface area contributed by atoms with Gasteiger partial charge in [-0.1, -0.05) is 11.6 Å². The number of piperidine rings is 1. The van der Waals surface area contributed by atoms with Crippen LogP contribution < -0.4 is 5.32 Å². The third-order valence-electron chi connectivity index (χ3n) is 4.37. The minimum atomic E-state index is -0.0356. The van der Waals surface area contributed by atoms with Crippen molar-refractivity contribution in [2.24, 2.45) is 11.8 Å². The van der Waals surface area contributed by atoms with Crippen molar-refractivity contribution in [1.82, 2.24) is 10.2 Å². The van der Waals surface area contributed by atoms with E-state index in [4.69, 9.17) is 0 Å². The number of amides is 1. The van der Waals surface area contributed by atoms with Crippen LogP contribution >= 0.6 is 12.4 Å². The molecule has 0 bridgehead atoms. The van der Waals surface area contributed by atoms with Crippen molar-refractivity contribution in [2.45, 2.75) is 13.3 Å². The first-order valence-corrected chi connectivity index (χ1v) is 6.95. The molecule has 4 nitrogen and oxygen atoms in total. The summed E-state index contributed by atoms with van der Waals surface area (Å²) in [6, 6.07) is 5.20. The highest BCUT2D eigenvalue weighted by Gasteiger charge is 2.35. The molecule has 2 aliphatic heterocycles. The number of nitrogens with zero attached hydrogens (tertiary/aromatic N) is 1. The Morgan fingerprint density at radius 1 is 1.35 bits per heavy atom. The molecule has 0 aliphatic carbocycles. The van der Waals surface area contributed by atoms with Gasteiger partial charge in [-0.15, -0.1) is 12.4 Å². The summed E-state index contributed by atoms with van der Waals surface area (Å²) >= 11 is 0. The number of rotatable bonds is 1. The lowest BCUT2D eigenvalue weighted by Gasteiger charge is -2.34. The zero-order chi connectivity index (χ0) is 13.4. The Morgan fingerprint density at radius 3 is 2.90 bits per heavy atom. The SMILES string of the molecule is Cc1ccc(O)c(C(=O)N2CCC3CNCC3C2)c1.Cl. The van der Waals surface area contributed by atoms with Gasteiger partial charge in [0.15, 0.2) is 0 Å². The summed E-state index contributed by atoms with van der Waals surface area (Å²) in [5.41, 5.74) is 1.43. The van der Waals surface area contributed by atoms with E-state index in [0.29, 0.717) is 11.5 Å². The van der Waals surface area contributed by atoms with Crippen LogP contribution in [0.1, 0.15) is 22.3 Å². The van der Waals surface area contributed by atoms with Crippen molar-refractivity contribution < 1.29 is 9.90 Å². The van der Waals surface area contributed by atoms with Gasteiger partial charge in [-0.05, 0) is 50.4 Å². The maximum atomic E-state index is 12.5. The molecule has 0 saturated carbocycles. The Labute approximate surface area is 125 Å². The molecule has 3 rings (SSSR count). The summed E-state index contributed by atoms with van der Waals surface area (Å²) < 4.78 is 0. The van der Waals surface area contributed by atoms with Crippen molar-refractivity contribution >= 4 is 18.3 Å². The number of phenolic OH excluding ortho intramolecular Hbond substituents is 1. The molecule has 2 saturated heterocycles. The molecule has 2 aliphatic rings. The first-order valence-electron chi connectivity index (χ1n) is 6.95. The molecule has 1 amide bonds. The average Bonchev–Trinajstić information content (AvgIpc) is 2.88. The molecule has 20 heavy (non-hydrogen) atoms. The third kappa shape index (κ3) is 2.76. The van der Waals surface area contributed by atoms with Crippen LogP contribution in [0.4, 0.5) is 0 Å². The Hall–Kier alpha value is -1.26. The Balaban J connectivity index is 0.00000147. The van der Waals surface area contributed by atoms with E-state index in [1.165, 1.54) is 0 Å². The van der Waals surface area contributed by atoms with Crippen molar-refractivity contribution in [3.05, 3.63) is 29.3 Å². The second kappa shape index (κ2) is 6.02. The molecule has 0 spiro atoms. The van der Waals surface area contributed by atoms with E-state index in [1.807, 2.05) is 17.9 Å². The van der Waals surface area contributed by atoms with Crippen molar-refractivity contribution in [3.63, 3.8) is 0 Å². The average molecular weight is 297 g/mol. The Kier molecular flexibility index (Phi) is 4.55. The van der Waals surface area contributed by atoms with E-state index < -0.39 is 0 Å². The first kappa shape index (κ1) is 15.1. The van der Waals surface area contributed by atoms with E-state index in [0.717, 1.165) is 44.1 Å². The number of aryl methyl sites for hydroxylation is 1. The Bertz CT molecular complexity index is 507. The van der Waals surface area contributed by atoms with Crippen molar-refractivity contribution in [1.29, 1.82) is 0 Å².